The normalized spacial score (nSPS) is 12.8. The Morgan fingerprint density at radius 1 is 0.778 bits per heavy atom. The largest absolute Gasteiger partial charge is 0.534 e. The molecule has 6 nitrogen and oxygen atoms in total. The van der Waals surface area contributed by atoms with Crippen LogP contribution in [0, 0.1) is 0 Å². The first-order valence-corrected chi connectivity index (χ1v) is 14.3. The predicted molar refractivity (Wildman–Crippen MR) is 137 cm³/mol. The lowest BCUT2D eigenvalue weighted by atomic mass is 10.2. The number of methoxy groups -OCH3 is 2. The van der Waals surface area contributed by atoms with Gasteiger partial charge < -0.3 is 19.4 Å². The molecule has 0 radical (unpaired) electrons. The van der Waals surface area contributed by atoms with Gasteiger partial charge in [-0.1, -0.05) is 51.1 Å². The first-order chi connectivity index (χ1) is 16.7. The zero-order valence-corrected chi connectivity index (χ0v) is 22.3. The maximum absolute atomic E-state index is 13.3. The molecule has 0 saturated carbocycles. The van der Waals surface area contributed by atoms with Gasteiger partial charge in [-0.25, -0.2) is 0 Å². The Morgan fingerprint density at radius 2 is 1.22 bits per heavy atom. The Morgan fingerprint density at radius 3 is 1.58 bits per heavy atom. The standard InChI is InChI=1S/C25H28F3NO5SSi/c1-24(2,3)36(19-13-9-17(32-4)10-14-19,20-15-11-18(33-5)12-16-20)23-21(29)7-6-8-22(23)34-35(30,31)25(26,27)28/h6-16H,29H2,1-5H3. The summed E-state index contributed by atoms with van der Waals surface area (Å²) in [5, 5.41) is 1.13. The van der Waals surface area contributed by atoms with Gasteiger partial charge in [-0.05, 0) is 51.8 Å². The molecule has 0 saturated heterocycles. The number of benzene rings is 3. The molecule has 0 heterocycles. The number of halogens is 3. The van der Waals surface area contributed by atoms with E-state index in [1.54, 1.807) is 24.3 Å². The van der Waals surface area contributed by atoms with Crippen LogP contribution in [0.25, 0.3) is 0 Å². The SMILES string of the molecule is COc1ccc([Si](c2ccc(OC)cc2)(c2c(N)cccc2OS(=O)(=O)C(F)(F)F)C(C)(C)C)cc1. The first kappa shape index (κ1) is 27.4. The van der Waals surface area contributed by atoms with E-state index in [4.69, 9.17) is 19.4 Å². The molecule has 36 heavy (non-hydrogen) atoms. The highest BCUT2D eigenvalue weighted by Gasteiger charge is 2.54. The van der Waals surface area contributed by atoms with E-state index < -0.39 is 34.5 Å². The third kappa shape index (κ3) is 4.77. The van der Waals surface area contributed by atoms with Gasteiger partial charge in [0.1, 0.15) is 17.2 Å². The zero-order valence-electron chi connectivity index (χ0n) is 20.5. The molecule has 0 aliphatic rings. The first-order valence-electron chi connectivity index (χ1n) is 10.9. The maximum atomic E-state index is 13.3. The molecular formula is C25H28F3NO5SSi. The lowest BCUT2D eigenvalue weighted by molar-refractivity contribution is -0.0499. The second-order valence-corrected chi connectivity index (χ2v) is 15.4. The Labute approximate surface area is 209 Å². The maximum Gasteiger partial charge on any atom is 0.534 e. The van der Waals surface area contributed by atoms with Crippen molar-refractivity contribution >= 4 is 39.4 Å². The quantitative estimate of drug-likeness (QED) is 0.162. The van der Waals surface area contributed by atoms with Crippen molar-refractivity contribution in [2.24, 2.45) is 0 Å². The third-order valence-corrected chi connectivity index (χ3v) is 13.0. The van der Waals surface area contributed by atoms with Gasteiger partial charge in [0.15, 0.2) is 8.07 Å². The molecule has 3 aromatic carbocycles. The van der Waals surface area contributed by atoms with Crippen molar-refractivity contribution in [3.05, 3.63) is 66.7 Å². The highest BCUT2D eigenvalue weighted by Crippen LogP contribution is 2.40. The summed E-state index contributed by atoms with van der Waals surface area (Å²) in [5.74, 6) is 0.713. The van der Waals surface area contributed by atoms with Crippen molar-refractivity contribution in [3.8, 4) is 17.2 Å². The minimum atomic E-state index is -5.95. The van der Waals surface area contributed by atoms with Crippen molar-refractivity contribution in [1.29, 1.82) is 0 Å². The van der Waals surface area contributed by atoms with E-state index in [1.165, 1.54) is 32.4 Å². The van der Waals surface area contributed by atoms with Crippen LogP contribution in [0.4, 0.5) is 18.9 Å². The van der Waals surface area contributed by atoms with Crippen molar-refractivity contribution in [2.45, 2.75) is 31.3 Å². The Hall–Kier alpha value is -3.18. The molecule has 0 spiro atoms. The van der Waals surface area contributed by atoms with Gasteiger partial charge >= 0.3 is 15.6 Å². The fraction of sp³-hybridized carbons (Fsp3) is 0.280. The van der Waals surface area contributed by atoms with Crippen LogP contribution < -0.4 is 35.0 Å². The van der Waals surface area contributed by atoms with E-state index in [-0.39, 0.29) is 10.9 Å². The van der Waals surface area contributed by atoms with Gasteiger partial charge in [-0.3, -0.25) is 0 Å². The second kappa shape index (κ2) is 9.70. The molecule has 3 aromatic rings. The van der Waals surface area contributed by atoms with Crippen LogP contribution in [-0.4, -0.2) is 36.2 Å². The molecule has 0 atom stereocenters. The lowest BCUT2D eigenvalue weighted by Gasteiger charge is -2.45. The number of nitrogen functional groups attached to an aromatic ring is 1. The van der Waals surface area contributed by atoms with Gasteiger partial charge in [0.2, 0.25) is 0 Å². The summed E-state index contributed by atoms with van der Waals surface area (Å²) in [5.41, 5.74) is 0.961. The van der Waals surface area contributed by atoms with Crippen molar-refractivity contribution in [3.63, 3.8) is 0 Å². The number of rotatable bonds is 7. The summed E-state index contributed by atoms with van der Waals surface area (Å²) in [4.78, 5) is 0. The van der Waals surface area contributed by atoms with Crippen molar-refractivity contribution in [2.75, 3.05) is 20.0 Å². The Balaban J connectivity index is 2.49. The molecule has 2 N–H and O–H groups in total. The molecule has 0 amide bonds. The number of hydrogen-bond donors (Lipinski definition) is 1. The predicted octanol–water partition coefficient (Wildman–Crippen LogP) is 3.78. The lowest BCUT2D eigenvalue weighted by Crippen LogP contribution is -2.72. The van der Waals surface area contributed by atoms with Crippen LogP contribution in [0.5, 0.6) is 17.2 Å². The number of ether oxygens (including phenoxy) is 2. The van der Waals surface area contributed by atoms with Crippen LogP contribution in [0.2, 0.25) is 5.04 Å². The van der Waals surface area contributed by atoms with Gasteiger partial charge in [-0.2, -0.15) is 21.6 Å². The minimum Gasteiger partial charge on any atom is -0.497 e. The number of hydrogen-bond acceptors (Lipinski definition) is 6. The molecule has 0 unspecified atom stereocenters. The molecule has 0 aliphatic heterocycles. The smallest absolute Gasteiger partial charge is 0.497 e. The van der Waals surface area contributed by atoms with Crippen LogP contribution in [-0.2, 0) is 10.1 Å². The highest BCUT2D eigenvalue weighted by atomic mass is 32.2. The average molecular weight is 540 g/mol. The Kier molecular flexibility index (Phi) is 7.38. The van der Waals surface area contributed by atoms with Crippen LogP contribution >= 0.6 is 0 Å². The van der Waals surface area contributed by atoms with E-state index in [0.29, 0.717) is 11.5 Å². The molecule has 0 bridgehead atoms. The number of nitrogens with two attached hydrogens (primary N) is 1. The van der Waals surface area contributed by atoms with E-state index in [0.717, 1.165) is 10.4 Å². The minimum absolute atomic E-state index is 0.123. The molecular weight excluding hydrogens is 511 g/mol. The monoisotopic (exact) mass is 539 g/mol. The van der Waals surface area contributed by atoms with Gasteiger partial charge in [0.25, 0.3) is 0 Å². The molecule has 0 aliphatic carbocycles. The summed E-state index contributed by atoms with van der Waals surface area (Å²) in [6, 6.07) is 18.4. The van der Waals surface area contributed by atoms with Crippen molar-refractivity contribution in [1.82, 2.24) is 0 Å². The molecule has 0 fully saturated rings. The Bertz CT molecular complexity index is 1270. The van der Waals surface area contributed by atoms with E-state index in [1.807, 2.05) is 45.0 Å². The topological polar surface area (TPSA) is 87.8 Å². The van der Waals surface area contributed by atoms with Crippen LogP contribution in [0.3, 0.4) is 0 Å². The zero-order chi connectivity index (χ0) is 26.9. The van der Waals surface area contributed by atoms with E-state index >= 15 is 0 Å². The molecule has 11 heteroatoms. The van der Waals surface area contributed by atoms with Crippen LogP contribution in [0.15, 0.2) is 66.7 Å². The van der Waals surface area contributed by atoms with E-state index in [9.17, 15) is 21.6 Å². The van der Waals surface area contributed by atoms with Gasteiger partial charge in [0.05, 0.1) is 14.2 Å². The summed E-state index contributed by atoms with van der Waals surface area (Å²) in [6.07, 6.45) is 0. The average Bonchev–Trinajstić information content (AvgIpc) is 2.80. The molecule has 194 valence electrons. The van der Waals surface area contributed by atoms with Crippen LogP contribution in [0.1, 0.15) is 20.8 Å². The molecule has 3 rings (SSSR count). The summed E-state index contributed by atoms with van der Waals surface area (Å²) < 4.78 is 79.6. The number of anilines is 1. The summed E-state index contributed by atoms with van der Waals surface area (Å²) >= 11 is 0. The summed E-state index contributed by atoms with van der Waals surface area (Å²) in [7, 11) is -6.34. The van der Waals surface area contributed by atoms with Gasteiger partial charge in [0, 0.05) is 10.9 Å². The van der Waals surface area contributed by atoms with Crippen molar-refractivity contribution < 1.29 is 35.2 Å². The third-order valence-electron chi connectivity index (χ3n) is 6.09. The molecule has 0 aromatic heterocycles. The fourth-order valence-electron chi connectivity index (χ4n) is 4.56. The van der Waals surface area contributed by atoms with E-state index in [2.05, 4.69) is 0 Å². The summed E-state index contributed by atoms with van der Waals surface area (Å²) in [6.45, 7) is 5.84. The highest BCUT2D eigenvalue weighted by molar-refractivity contribution is 7.88. The van der Waals surface area contributed by atoms with Gasteiger partial charge in [-0.15, -0.1) is 0 Å². The number of alkyl halides is 3. The fourth-order valence-corrected chi connectivity index (χ4v) is 10.9. The second-order valence-electron chi connectivity index (χ2n) is 9.16.